The van der Waals surface area contributed by atoms with Gasteiger partial charge in [-0.1, -0.05) is 0 Å². The Hall–Kier alpha value is -1.70. The first kappa shape index (κ1) is 20.0. The van der Waals surface area contributed by atoms with Gasteiger partial charge in [0.1, 0.15) is 30.7 Å². The van der Waals surface area contributed by atoms with E-state index in [2.05, 4.69) is 19.6 Å². The fraction of sp³-hybridized carbons (Fsp3) is 0.615. The highest BCUT2D eigenvalue weighted by Crippen LogP contribution is 2.41. The molecule has 0 bridgehead atoms. The maximum Gasteiger partial charge on any atom is 0.469 e. The van der Waals surface area contributed by atoms with Gasteiger partial charge in [-0.15, -0.1) is 0 Å². The second-order valence-electron chi connectivity index (χ2n) is 5.77. The van der Waals surface area contributed by atoms with Gasteiger partial charge >= 0.3 is 7.82 Å². The first-order valence-corrected chi connectivity index (χ1v) is 9.43. The summed E-state index contributed by atoms with van der Waals surface area (Å²) >= 11 is 0. The van der Waals surface area contributed by atoms with Crippen LogP contribution in [0.2, 0.25) is 0 Å². The van der Waals surface area contributed by atoms with Crippen LogP contribution in [0.5, 0.6) is 0 Å². The molecule has 150 valence electrons. The second-order valence-corrected chi connectivity index (χ2v) is 7.01. The molecule has 27 heavy (non-hydrogen) atoms. The SMILES string of the molecule is COCCOC1C(c2cnn3c(N)ncnc23)OC(COP(=O)(O)O)C1O. The summed E-state index contributed by atoms with van der Waals surface area (Å²) in [5, 5.41) is 14.6. The van der Waals surface area contributed by atoms with Crippen molar-refractivity contribution in [2.24, 2.45) is 0 Å². The van der Waals surface area contributed by atoms with E-state index in [0.717, 1.165) is 0 Å². The first-order valence-electron chi connectivity index (χ1n) is 7.90. The van der Waals surface area contributed by atoms with Crippen molar-refractivity contribution >= 4 is 19.4 Å². The van der Waals surface area contributed by atoms with Gasteiger partial charge in [-0.25, -0.2) is 14.5 Å². The van der Waals surface area contributed by atoms with Gasteiger partial charge in [0, 0.05) is 12.7 Å². The van der Waals surface area contributed by atoms with Gasteiger partial charge in [0.2, 0.25) is 5.95 Å². The normalized spacial score (nSPS) is 26.1. The molecule has 1 saturated heterocycles. The number of phosphoric acid groups is 1. The summed E-state index contributed by atoms with van der Waals surface area (Å²) in [4.78, 5) is 25.7. The van der Waals surface area contributed by atoms with Crippen LogP contribution in [0.15, 0.2) is 12.5 Å². The van der Waals surface area contributed by atoms with Gasteiger partial charge < -0.3 is 34.8 Å². The van der Waals surface area contributed by atoms with Gasteiger partial charge in [0.05, 0.1) is 26.0 Å². The summed E-state index contributed by atoms with van der Waals surface area (Å²) in [6, 6.07) is 0. The minimum absolute atomic E-state index is 0.114. The topological polar surface area (TPSA) is 184 Å². The predicted octanol–water partition coefficient (Wildman–Crippen LogP) is -1.35. The number of nitrogen functional groups attached to an aromatic ring is 1. The van der Waals surface area contributed by atoms with Gasteiger partial charge in [-0.2, -0.15) is 9.61 Å². The third-order valence-electron chi connectivity index (χ3n) is 4.01. The van der Waals surface area contributed by atoms with E-state index in [1.807, 2.05) is 0 Å². The Kier molecular flexibility index (Phi) is 6.03. The molecule has 0 spiro atoms. The maximum absolute atomic E-state index is 11.0. The molecule has 0 aromatic carbocycles. The van der Waals surface area contributed by atoms with Crippen LogP contribution < -0.4 is 5.73 Å². The molecule has 0 amide bonds. The van der Waals surface area contributed by atoms with Crippen LogP contribution >= 0.6 is 7.82 Å². The lowest BCUT2D eigenvalue weighted by Gasteiger charge is -2.20. The lowest BCUT2D eigenvalue weighted by Crippen LogP contribution is -2.35. The third-order valence-corrected chi connectivity index (χ3v) is 4.49. The lowest BCUT2D eigenvalue weighted by atomic mass is 10.0. The third kappa shape index (κ3) is 4.42. The van der Waals surface area contributed by atoms with E-state index in [-0.39, 0.29) is 19.2 Å². The number of ether oxygens (including phenoxy) is 3. The summed E-state index contributed by atoms with van der Waals surface area (Å²) < 4.78 is 33.1. The molecule has 2 aromatic rings. The Morgan fingerprint density at radius 1 is 1.37 bits per heavy atom. The van der Waals surface area contributed by atoms with Crippen molar-refractivity contribution in [1.82, 2.24) is 19.6 Å². The number of methoxy groups -OCH3 is 1. The summed E-state index contributed by atoms with van der Waals surface area (Å²) in [6.07, 6.45) is -1.23. The molecule has 2 aromatic heterocycles. The zero-order valence-electron chi connectivity index (χ0n) is 14.3. The highest BCUT2D eigenvalue weighted by molar-refractivity contribution is 7.46. The molecular formula is C13H20N5O8P. The smallest absolute Gasteiger partial charge is 0.387 e. The van der Waals surface area contributed by atoms with E-state index in [1.54, 1.807) is 0 Å². The number of nitrogens with two attached hydrogens (primary N) is 1. The number of aromatic nitrogens is 4. The Bertz CT molecular complexity index is 828. The fourth-order valence-corrected chi connectivity index (χ4v) is 3.14. The van der Waals surface area contributed by atoms with Crippen molar-refractivity contribution in [3.63, 3.8) is 0 Å². The van der Waals surface area contributed by atoms with Gasteiger partial charge in [0.25, 0.3) is 0 Å². The zero-order chi connectivity index (χ0) is 19.6. The Morgan fingerprint density at radius 2 is 2.15 bits per heavy atom. The number of hydrogen-bond donors (Lipinski definition) is 4. The van der Waals surface area contributed by atoms with E-state index in [9.17, 15) is 9.67 Å². The summed E-state index contributed by atoms with van der Waals surface area (Å²) in [6.45, 7) is -0.0770. The Labute approximate surface area is 153 Å². The van der Waals surface area contributed by atoms with Crippen LogP contribution in [0.25, 0.3) is 5.65 Å². The summed E-state index contributed by atoms with van der Waals surface area (Å²) in [7, 11) is -3.22. The second kappa shape index (κ2) is 8.12. The molecule has 4 unspecified atom stereocenters. The number of anilines is 1. The number of nitrogens with zero attached hydrogens (tertiary/aromatic N) is 4. The number of rotatable bonds is 8. The largest absolute Gasteiger partial charge is 0.469 e. The van der Waals surface area contributed by atoms with Crippen LogP contribution in [-0.2, 0) is 23.3 Å². The van der Waals surface area contributed by atoms with Crippen molar-refractivity contribution in [1.29, 1.82) is 0 Å². The average Bonchev–Trinajstić information content (AvgIpc) is 3.16. The van der Waals surface area contributed by atoms with Crippen molar-refractivity contribution in [2.75, 3.05) is 32.7 Å². The van der Waals surface area contributed by atoms with Crippen LogP contribution in [0.3, 0.4) is 0 Å². The highest BCUT2D eigenvalue weighted by Gasteiger charge is 2.47. The van der Waals surface area contributed by atoms with Gasteiger partial charge in [0.15, 0.2) is 5.65 Å². The average molecular weight is 405 g/mol. The maximum atomic E-state index is 11.0. The van der Waals surface area contributed by atoms with Crippen molar-refractivity contribution in [3.8, 4) is 0 Å². The van der Waals surface area contributed by atoms with Crippen LogP contribution in [0, 0.1) is 0 Å². The Morgan fingerprint density at radius 3 is 2.85 bits per heavy atom. The number of phosphoric ester groups is 1. The first-order chi connectivity index (χ1) is 12.8. The molecule has 0 radical (unpaired) electrons. The van der Waals surface area contributed by atoms with E-state index in [4.69, 9.17) is 29.7 Å². The molecule has 3 rings (SSSR count). The monoisotopic (exact) mass is 405 g/mol. The molecule has 0 aliphatic carbocycles. The molecule has 13 nitrogen and oxygen atoms in total. The number of aliphatic hydroxyl groups excluding tert-OH is 1. The van der Waals surface area contributed by atoms with Gasteiger partial charge in [-0.05, 0) is 0 Å². The Balaban J connectivity index is 1.87. The highest BCUT2D eigenvalue weighted by atomic mass is 31.2. The van der Waals surface area contributed by atoms with Crippen molar-refractivity contribution < 1.29 is 38.2 Å². The quantitative estimate of drug-likeness (QED) is 0.299. The minimum atomic E-state index is -4.72. The van der Waals surface area contributed by atoms with Crippen LogP contribution in [-0.4, -0.2) is 79.7 Å². The molecule has 1 aliphatic rings. The number of fused-ring (bicyclic) bond motifs is 1. The van der Waals surface area contributed by atoms with E-state index < -0.39 is 38.8 Å². The van der Waals surface area contributed by atoms with Crippen molar-refractivity contribution in [2.45, 2.75) is 24.4 Å². The van der Waals surface area contributed by atoms with Crippen LogP contribution in [0.4, 0.5) is 5.95 Å². The van der Waals surface area contributed by atoms with Crippen LogP contribution in [0.1, 0.15) is 11.7 Å². The molecule has 1 fully saturated rings. The summed E-state index contributed by atoms with van der Waals surface area (Å²) in [5.74, 6) is 0.114. The fourth-order valence-electron chi connectivity index (χ4n) is 2.80. The standard InChI is InChI=1S/C13H20N5O8P/c1-23-2-3-24-11-9(19)8(5-25-27(20,21)22)26-10(11)7-4-17-18-12(7)15-6-16-13(18)14/h4,6,8-11,19H,2-3,5H2,1H3,(H2,14,15,16)(H2,20,21,22). The van der Waals surface area contributed by atoms with E-state index in [0.29, 0.717) is 11.2 Å². The van der Waals surface area contributed by atoms with E-state index in [1.165, 1.54) is 24.1 Å². The number of hydrogen-bond acceptors (Lipinski definition) is 10. The lowest BCUT2D eigenvalue weighted by molar-refractivity contribution is -0.0528. The molecule has 0 saturated carbocycles. The minimum Gasteiger partial charge on any atom is -0.387 e. The molecule has 5 N–H and O–H groups in total. The molecule has 4 atom stereocenters. The predicted molar refractivity (Wildman–Crippen MR) is 88.4 cm³/mol. The molecular weight excluding hydrogens is 385 g/mol. The zero-order valence-corrected chi connectivity index (χ0v) is 15.2. The van der Waals surface area contributed by atoms with Crippen molar-refractivity contribution in [3.05, 3.63) is 18.1 Å². The van der Waals surface area contributed by atoms with E-state index >= 15 is 0 Å². The molecule has 14 heteroatoms. The van der Waals surface area contributed by atoms with Gasteiger partial charge in [-0.3, -0.25) is 4.52 Å². The summed E-state index contributed by atoms with van der Waals surface area (Å²) in [5.41, 5.74) is 6.59. The molecule has 1 aliphatic heterocycles. The number of aliphatic hydroxyl groups is 1. The molecule has 3 heterocycles.